The molecule has 0 atom stereocenters. The largest absolute Gasteiger partial charge is 0.354 e. The standard InChI is InChI=1S/C20H21N3O3/c1-20(2,19(26)23(3)4)22-18(25)12-9-10-14-16(11-12)21-15-8-6-5-7-13(15)17(14)24/h5-11H,1-4H3,(H,21,24)(H,22,25). The number of pyridine rings is 1. The number of carbonyl (C=O) groups is 2. The zero-order valence-electron chi connectivity index (χ0n) is 15.2. The van der Waals surface area contributed by atoms with E-state index in [1.54, 1.807) is 52.2 Å². The number of hydrogen-bond donors (Lipinski definition) is 2. The Morgan fingerprint density at radius 3 is 2.35 bits per heavy atom. The molecule has 6 heteroatoms. The van der Waals surface area contributed by atoms with Crippen molar-refractivity contribution in [1.29, 1.82) is 0 Å². The van der Waals surface area contributed by atoms with Gasteiger partial charge in [-0.05, 0) is 44.2 Å². The molecule has 2 N–H and O–H groups in total. The smallest absolute Gasteiger partial charge is 0.252 e. The molecule has 3 aromatic rings. The third-order valence-electron chi connectivity index (χ3n) is 4.33. The highest BCUT2D eigenvalue weighted by Gasteiger charge is 2.31. The second-order valence-corrected chi connectivity index (χ2v) is 7.04. The average Bonchev–Trinajstić information content (AvgIpc) is 2.60. The average molecular weight is 351 g/mol. The van der Waals surface area contributed by atoms with E-state index in [0.717, 1.165) is 0 Å². The molecular formula is C20H21N3O3. The van der Waals surface area contributed by atoms with Crippen molar-refractivity contribution in [3.63, 3.8) is 0 Å². The van der Waals surface area contributed by atoms with Crippen molar-refractivity contribution in [2.45, 2.75) is 19.4 Å². The Morgan fingerprint density at radius 2 is 1.65 bits per heavy atom. The van der Waals surface area contributed by atoms with E-state index in [9.17, 15) is 14.4 Å². The Kier molecular flexibility index (Phi) is 4.28. The molecule has 1 aromatic heterocycles. The first kappa shape index (κ1) is 17.7. The van der Waals surface area contributed by atoms with Crippen LogP contribution in [0.15, 0.2) is 47.3 Å². The van der Waals surface area contributed by atoms with Crippen molar-refractivity contribution in [2.75, 3.05) is 14.1 Å². The number of carbonyl (C=O) groups excluding carboxylic acids is 2. The molecule has 6 nitrogen and oxygen atoms in total. The molecule has 1 heterocycles. The van der Waals surface area contributed by atoms with Crippen LogP contribution in [0.5, 0.6) is 0 Å². The van der Waals surface area contributed by atoms with Crippen molar-refractivity contribution in [3.05, 3.63) is 58.3 Å². The van der Waals surface area contributed by atoms with E-state index in [1.165, 1.54) is 4.90 Å². The monoisotopic (exact) mass is 351 g/mol. The predicted molar refractivity (Wildman–Crippen MR) is 102 cm³/mol. The summed E-state index contributed by atoms with van der Waals surface area (Å²) in [4.78, 5) is 42.0. The molecule has 0 aliphatic heterocycles. The normalized spacial score (nSPS) is 11.5. The summed E-state index contributed by atoms with van der Waals surface area (Å²) in [7, 11) is 3.28. The van der Waals surface area contributed by atoms with Gasteiger partial charge in [0.2, 0.25) is 5.91 Å². The number of amides is 2. The van der Waals surface area contributed by atoms with Crippen molar-refractivity contribution < 1.29 is 9.59 Å². The zero-order valence-corrected chi connectivity index (χ0v) is 15.2. The fourth-order valence-electron chi connectivity index (χ4n) is 3.04. The number of benzene rings is 2. The highest BCUT2D eigenvalue weighted by atomic mass is 16.2. The molecular weight excluding hydrogens is 330 g/mol. The van der Waals surface area contributed by atoms with Gasteiger partial charge in [0.25, 0.3) is 5.91 Å². The number of para-hydroxylation sites is 1. The maximum atomic E-state index is 12.6. The van der Waals surface area contributed by atoms with Crippen LogP contribution >= 0.6 is 0 Å². The highest BCUT2D eigenvalue weighted by Crippen LogP contribution is 2.17. The van der Waals surface area contributed by atoms with Gasteiger partial charge in [0, 0.05) is 35.9 Å². The molecule has 26 heavy (non-hydrogen) atoms. The van der Waals surface area contributed by atoms with Crippen molar-refractivity contribution in [2.24, 2.45) is 0 Å². The summed E-state index contributed by atoms with van der Waals surface area (Å²) in [6.07, 6.45) is 0. The number of hydrogen-bond acceptors (Lipinski definition) is 3. The summed E-state index contributed by atoms with van der Waals surface area (Å²) in [5.41, 5.74) is 0.558. The summed E-state index contributed by atoms with van der Waals surface area (Å²) in [6, 6.07) is 12.1. The van der Waals surface area contributed by atoms with Crippen LogP contribution in [0.1, 0.15) is 24.2 Å². The lowest BCUT2D eigenvalue weighted by atomic mass is 10.0. The number of nitrogens with one attached hydrogen (secondary N) is 2. The highest BCUT2D eigenvalue weighted by molar-refractivity contribution is 6.02. The molecule has 2 amide bonds. The van der Waals surface area contributed by atoms with E-state index < -0.39 is 5.54 Å². The molecule has 134 valence electrons. The number of aromatic amines is 1. The Morgan fingerprint density at radius 1 is 1.00 bits per heavy atom. The van der Waals surface area contributed by atoms with Crippen molar-refractivity contribution >= 4 is 33.6 Å². The minimum atomic E-state index is -1.04. The van der Waals surface area contributed by atoms with Gasteiger partial charge in [0.15, 0.2) is 5.43 Å². The molecule has 0 fully saturated rings. The van der Waals surface area contributed by atoms with Crippen LogP contribution in [0.3, 0.4) is 0 Å². The van der Waals surface area contributed by atoms with Crippen LogP contribution in [-0.2, 0) is 4.79 Å². The van der Waals surface area contributed by atoms with Crippen LogP contribution in [0.2, 0.25) is 0 Å². The maximum Gasteiger partial charge on any atom is 0.252 e. The molecule has 0 unspecified atom stereocenters. The third-order valence-corrected chi connectivity index (χ3v) is 4.33. The fourth-order valence-corrected chi connectivity index (χ4v) is 3.04. The number of aromatic nitrogens is 1. The molecule has 0 saturated carbocycles. The Balaban J connectivity index is 2.01. The molecule has 0 radical (unpaired) electrons. The quantitative estimate of drug-likeness (QED) is 0.710. The minimum Gasteiger partial charge on any atom is -0.354 e. The van der Waals surface area contributed by atoms with Crippen molar-refractivity contribution in [1.82, 2.24) is 15.2 Å². The first-order chi connectivity index (χ1) is 12.2. The molecule has 0 aliphatic rings. The number of nitrogens with zero attached hydrogens (tertiary/aromatic N) is 1. The van der Waals surface area contributed by atoms with E-state index in [0.29, 0.717) is 27.4 Å². The van der Waals surface area contributed by atoms with Gasteiger partial charge in [0.05, 0.1) is 5.52 Å². The lowest BCUT2D eigenvalue weighted by Gasteiger charge is -2.28. The lowest BCUT2D eigenvalue weighted by Crippen LogP contribution is -2.54. The van der Waals surface area contributed by atoms with Gasteiger partial charge < -0.3 is 15.2 Å². The molecule has 0 aliphatic carbocycles. The Hall–Kier alpha value is -3.15. The molecule has 0 spiro atoms. The van der Waals surface area contributed by atoms with Crippen LogP contribution in [0.4, 0.5) is 0 Å². The Bertz CT molecular complexity index is 1080. The topological polar surface area (TPSA) is 82.3 Å². The van der Waals surface area contributed by atoms with E-state index in [1.807, 2.05) is 18.2 Å². The van der Waals surface area contributed by atoms with Gasteiger partial charge in [-0.2, -0.15) is 0 Å². The third kappa shape index (κ3) is 3.06. The van der Waals surface area contributed by atoms with E-state index >= 15 is 0 Å². The van der Waals surface area contributed by atoms with Gasteiger partial charge in [-0.15, -0.1) is 0 Å². The van der Waals surface area contributed by atoms with Gasteiger partial charge in [-0.1, -0.05) is 12.1 Å². The van der Waals surface area contributed by atoms with E-state index in [4.69, 9.17) is 0 Å². The number of likely N-dealkylation sites (N-methyl/N-ethyl adjacent to an activating group) is 1. The van der Waals surface area contributed by atoms with Crippen molar-refractivity contribution in [3.8, 4) is 0 Å². The lowest BCUT2D eigenvalue weighted by molar-refractivity contribution is -0.134. The Labute approximate surface area is 150 Å². The summed E-state index contributed by atoms with van der Waals surface area (Å²) in [5.74, 6) is -0.577. The van der Waals surface area contributed by atoms with Crippen LogP contribution in [0.25, 0.3) is 21.8 Å². The van der Waals surface area contributed by atoms with Gasteiger partial charge >= 0.3 is 0 Å². The zero-order chi connectivity index (χ0) is 19.1. The molecule has 2 aromatic carbocycles. The summed E-state index contributed by atoms with van der Waals surface area (Å²) in [6.45, 7) is 3.31. The van der Waals surface area contributed by atoms with Gasteiger partial charge in [0.1, 0.15) is 5.54 Å². The van der Waals surface area contributed by atoms with Crippen LogP contribution in [0, 0.1) is 0 Å². The number of rotatable bonds is 3. The van der Waals surface area contributed by atoms with Crippen LogP contribution in [-0.4, -0.2) is 41.3 Å². The summed E-state index contributed by atoms with van der Waals surface area (Å²) < 4.78 is 0. The molecule has 3 rings (SSSR count). The molecule has 0 bridgehead atoms. The van der Waals surface area contributed by atoms with Gasteiger partial charge in [-0.25, -0.2) is 0 Å². The summed E-state index contributed by atoms with van der Waals surface area (Å²) >= 11 is 0. The first-order valence-corrected chi connectivity index (χ1v) is 8.30. The van der Waals surface area contributed by atoms with E-state index in [-0.39, 0.29) is 17.2 Å². The van der Waals surface area contributed by atoms with E-state index in [2.05, 4.69) is 10.3 Å². The predicted octanol–water partition coefficient (Wildman–Crippen LogP) is 2.28. The second-order valence-electron chi connectivity index (χ2n) is 7.04. The maximum absolute atomic E-state index is 12.6. The van der Waals surface area contributed by atoms with Gasteiger partial charge in [-0.3, -0.25) is 14.4 Å². The number of H-pyrrole nitrogens is 1. The SMILES string of the molecule is CN(C)C(=O)C(C)(C)NC(=O)c1ccc2c(=O)c3ccccc3[nH]c2c1. The number of fused-ring (bicyclic) bond motifs is 2. The second kappa shape index (κ2) is 6.29. The first-order valence-electron chi connectivity index (χ1n) is 8.30. The minimum absolute atomic E-state index is 0.0792. The summed E-state index contributed by atoms with van der Waals surface area (Å²) in [5, 5.41) is 3.87. The fraction of sp³-hybridized carbons (Fsp3) is 0.250. The van der Waals surface area contributed by atoms with Crippen LogP contribution < -0.4 is 10.7 Å². The molecule has 0 saturated heterocycles.